The van der Waals surface area contributed by atoms with Gasteiger partial charge >= 0.3 is 0 Å². The molecule has 9 heteroatoms. The molecule has 0 aliphatic carbocycles. The molecular formula is C20H19Cl2N7. The third kappa shape index (κ3) is 3.35. The predicted molar refractivity (Wildman–Crippen MR) is 118 cm³/mol. The molecule has 0 unspecified atom stereocenters. The van der Waals surface area contributed by atoms with Crippen molar-refractivity contribution < 1.29 is 0 Å². The van der Waals surface area contributed by atoms with Crippen LogP contribution in [0.2, 0.25) is 10.0 Å². The number of fused-ring (bicyclic) bond motifs is 3. The fourth-order valence-electron chi connectivity index (χ4n) is 3.55. The van der Waals surface area contributed by atoms with Gasteiger partial charge in [0.1, 0.15) is 23.2 Å². The van der Waals surface area contributed by atoms with Gasteiger partial charge in [0.15, 0.2) is 11.5 Å². The van der Waals surface area contributed by atoms with Gasteiger partial charge in [-0.05, 0) is 31.3 Å². The maximum absolute atomic E-state index is 6.32. The van der Waals surface area contributed by atoms with Gasteiger partial charge in [-0.15, -0.1) is 0 Å². The number of rotatable bonds is 3. The Morgan fingerprint density at radius 3 is 2.48 bits per heavy atom. The number of benzene rings is 1. The lowest BCUT2D eigenvalue weighted by Crippen LogP contribution is -2.44. The van der Waals surface area contributed by atoms with Crippen LogP contribution in [-0.4, -0.2) is 57.5 Å². The van der Waals surface area contributed by atoms with Crippen molar-refractivity contribution in [2.24, 2.45) is 0 Å². The Morgan fingerprint density at radius 2 is 1.72 bits per heavy atom. The number of aromatic nitrogens is 4. The van der Waals surface area contributed by atoms with E-state index in [4.69, 9.17) is 33.2 Å². The van der Waals surface area contributed by atoms with Crippen LogP contribution in [0.4, 0.5) is 17.3 Å². The summed E-state index contributed by atoms with van der Waals surface area (Å²) < 4.78 is 1.94. The molecule has 1 aliphatic rings. The first-order valence-corrected chi connectivity index (χ1v) is 10.1. The molecule has 0 spiro atoms. The topological polar surface area (TPSA) is 61.6 Å². The van der Waals surface area contributed by atoms with Crippen molar-refractivity contribution in [1.29, 1.82) is 0 Å². The average Bonchev–Trinajstić information content (AvgIpc) is 3.22. The van der Waals surface area contributed by atoms with Crippen molar-refractivity contribution in [1.82, 2.24) is 24.3 Å². The molecule has 7 nitrogen and oxygen atoms in total. The van der Waals surface area contributed by atoms with E-state index in [1.807, 2.05) is 22.6 Å². The molecule has 4 heterocycles. The molecule has 0 atom stereocenters. The molecule has 148 valence electrons. The summed E-state index contributed by atoms with van der Waals surface area (Å²) in [5.41, 5.74) is 2.95. The van der Waals surface area contributed by atoms with E-state index in [0.717, 1.165) is 48.7 Å². The number of pyridine rings is 1. The number of nitrogens with one attached hydrogen (secondary N) is 1. The summed E-state index contributed by atoms with van der Waals surface area (Å²) in [6.07, 6.45) is 3.50. The fraction of sp³-hybridized carbons (Fsp3) is 0.250. The zero-order valence-corrected chi connectivity index (χ0v) is 17.3. The van der Waals surface area contributed by atoms with Crippen LogP contribution >= 0.6 is 23.2 Å². The second-order valence-corrected chi connectivity index (χ2v) is 7.95. The second kappa shape index (κ2) is 7.33. The van der Waals surface area contributed by atoms with E-state index < -0.39 is 0 Å². The molecule has 0 saturated carbocycles. The van der Waals surface area contributed by atoms with E-state index in [-0.39, 0.29) is 0 Å². The van der Waals surface area contributed by atoms with Gasteiger partial charge in [-0.25, -0.2) is 15.0 Å². The third-order valence-corrected chi connectivity index (χ3v) is 5.84. The number of halogens is 2. The Kier molecular flexibility index (Phi) is 4.66. The lowest BCUT2D eigenvalue weighted by molar-refractivity contribution is 0.312. The summed E-state index contributed by atoms with van der Waals surface area (Å²) in [6, 6.07) is 9.40. The number of likely N-dealkylation sites (N-methyl/N-ethyl adjacent to an activating group) is 1. The van der Waals surface area contributed by atoms with Crippen molar-refractivity contribution in [3.8, 4) is 0 Å². The summed E-state index contributed by atoms with van der Waals surface area (Å²) in [5, 5.41) is 4.32. The molecule has 1 N–H and O–H groups in total. The maximum Gasteiger partial charge on any atom is 0.166 e. The Hall–Kier alpha value is -2.61. The van der Waals surface area contributed by atoms with E-state index >= 15 is 0 Å². The first-order valence-electron chi connectivity index (χ1n) is 9.37. The van der Waals surface area contributed by atoms with Crippen LogP contribution in [-0.2, 0) is 0 Å². The van der Waals surface area contributed by atoms with Crippen LogP contribution in [0.25, 0.3) is 16.7 Å². The van der Waals surface area contributed by atoms with Gasteiger partial charge in [0.05, 0.1) is 21.9 Å². The zero-order chi connectivity index (χ0) is 20.0. The van der Waals surface area contributed by atoms with Crippen LogP contribution in [0.3, 0.4) is 0 Å². The second-order valence-electron chi connectivity index (χ2n) is 7.13. The SMILES string of the molecule is CN1CCN(c2ccc3nc(Nc4c(Cl)cccc4Cl)c4cncn4c3n2)CC1. The normalized spacial score (nSPS) is 15.3. The minimum atomic E-state index is 0.528. The number of hydrogen-bond donors (Lipinski definition) is 1. The number of hydrogen-bond acceptors (Lipinski definition) is 6. The van der Waals surface area contributed by atoms with Gasteiger partial charge in [-0.2, -0.15) is 0 Å². The number of imidazole rings is 1. The maximum atomic E-state index is 6.32. The van der Waals surface area contributed by atoms with Crippen LogP contribution in [0.15, 0.2) is 42.9 Å². The highest BCUT2D eigenvalue weighted by Crippen LogP contribution is 2.34. The van der Waals surface area contributed by atoms with Crippen molar-refractivity contribution in [3.05, 3.63) is 52.9 Å². The first kappa shape index (κ1) is 18.4. The minimum absolute atomic E-state index is 0.528. The van der Waals surface area contributed by atoms with Gasteiger partial charge in [0.25, 0.3) is 0 Å². The Morgan fingerprint density at radius 1 is 0.966 bits per heavy atom. The van der Waals surface area contributed by atoms with Gasteiger partial charge in [-0.1, -0.05) is 29.3 Å². The Bertz CT molecular complexity index is 1180. The molecular weight excluding hydrogens is 409 g/mol. The molecule has 4 aromatic rings. The quantitative estimate of drug-likeness (QED) is 0.531. The summed E-state index contributed by atoms with van der Waals surface area (Å²) in [4.78, 5) is 18.6. The van der Waals surface area contributed by atoms with Gasteiger partial charge in [0, 0.05) is 26.2 Å². The minimum Gasteiger partial charge on any atom is -0.354 e. The number of nitrogens with zero attached hydrogens (tertiary/aromatic N) is 6. The van der Waals surface area contributed by atoms with Crippen LogP contribution in [0.1, 0.15) is 0 Å². The van der Waals surface area contributed by atoms with Crippen molar-refractivity contribution in [3.63, 3.8) is 0 Å². The largest absolute Gasteiger partial charge is 0.354 e. The molecule has 29 heavy (non-hydrogen) atoms. The van der Waals surface area contributed by atoms with Crippen molar-refractivity contribution in [2.45, 2.75) is 0 Å². The molecule has 1 saturated heterocycles. The standard InChI is InChI=1S/C20H19Cl2N7/c1-27-7-9-28(10-8-27)17-6-5-15-20(25-17)29-12-23-11-16(29)19(24-15)26-18-13(21)3-2-4-14(18)22/h2-6,11-12H,7-10H2,1H3,(H,24,26). The molecule has 0 amide bonds. The lowest BCUT2D eigenvalue weighted by atomic mass is 10.3. The lowest BCUT2D eigenvalue weighted by Gasteiger charge is -2.33. The smallest absolute Gasteiger partial charge is 0.166 e. The summed E-state index contributed by atoms with van der Waals surface area (Å²) >= 11 is 12.6. The van der Waals surface area contributed by atoms with E-state index in [1.165, 1.54) is 0 Å². The highest BCUT2D eigenvalue weighted by Gasteiger charge is 2.18. The molecule has 0 bridgehead atoms. The predicted octanol–water partition coefficient (Wildman–Crippen LogP) is 4.08. The average molecular weight is 428 g/mol. The Labute approximate surface area is 177 Å². The summed E-state index contributed by atoms with van der Waals surface area (Å²) in [6.45, 7) is 3.97. The highest BCUT2D eigenvalue weighted by molar-refractivity contribution is 6.39. The van der Waals surface area contributed by atoms with E-state index in [2.05, 4.69) is 27.1 Å². The Balaban J connectivity index is 1.59. The summed E-state index contributed by atoms with van der Waals surface area (Å²) in [5.74, 6) is 1.58. The monoisotopic (exact) mass is 427 g/mol. The van der Waals surface area contributed by atoms with Crippen molar-refractivity contribution >= 4 is 57.2 Å². The van der Waals surface area contributed by atoms with Crippen LogP contribution in [0, 0.1) is 0 Å². The van der Waals surface area contributed by atoms with Crippen molar-refractivity contribution in [2.75, 3.05) is 43.4 Å². The summed E-state index contributed by atoms with van der Waals surface area (Å²) in [7, 11) is 2.14. The molecule has 3 aromatic heterocycles. The fourth-order valence-corrected chi connectivity index (χ4v) is 4.04. The molecule has 1 aromatic carbocycles. The van der Waals surface area contributed by atoms with Gasteiger partial charge in [0.2, 0.25) is 0 Å². The zero-order valence-electron chi connectivity index (χ0n) is 15.8. The first-order chi connectivity index (χ1) is 14.1. The van der Waals surface area contributed by atoms with E-state index in [0.29, 0.717) is 21.6 Å². The third-order valence-electron chi connectivity index (χ3n) is 5.21. The van der Waals surface area contributed by atoms with Crippen LogP contribution < -0.4 is 10.2 Å². The van der Waals surface area contributed by atoms with E-state index in [9.17, 15) is 0 Å². The highest BCUT2D eigenvalue weighted by atomic mass is 35.5. The van der Waals surface area contributed by atoms with Gasteiger partial charge < -0.3 is 15.1 Å². The molecule has 1 aliphatic heterocycles. The number of anilines is 3. The molecule has 0 radical (unpaired) electrons. The van der Waals surface area contributed by atoms with Gasteiger partial charge in [-0.3, -0.25) is 4.40 Å². The van der Waals surface area contributed by atoms with E-state index in [1.54, 1.807) is 24.7 Å². The molecule has 1 fully saturated rings. The number of para-hydroxylation sites is 1. The number of piperazine rings is 1. The molecule has 5 rings (SSSR count). The van der Waals surface area contributed by atoms with Crippen LogP contribution in [0.5, 0.6) is 0 Å².